The minimum atomic E-state index is -0.604. The van der Waals surface area contributed by atoms with Gasteiger partial charge in [0, 0.05) is 0 Å². The van der Waals surface area contributed by atoms with Gasteiger partial charge in [0.2, 0.25) is 0 Å². The predicted molar refractivity (Wildman–Crippen MR) is 131 cm³/mol. The van der Waals surface area contributed by atoms with Gasteiger partial charge in [-0.15, -0.1) is 6.58 Å². The van der Waals surface area contributed by atoms with Crippen LogP contribution < -0.4 is 19.6 Å². The number of benzene rings is 3. The highest BCUT2D eigenvalue weighted by molar-refractivity contribution is 6.33. The maximum absolute atomic E-state index is 12.4. The molecule has 3 aromatic rings. The van der Waals surface area contributed by atoms with Crippen LogP contribution in [0.1, 0.15) is 21.5 Å². The van der Waals surface area contributed by atoms with Crippen molar-refractivity contribution in [1.29, 1.82) is 0 Å². The van der Waals surface area contributed by atoms with E-state index in [1.807, 2.05) is 18.2 Å². The maximum atomic E-state index is 12.4. The second-order valence-electron chi connectivity index (χ2n) is 6.96. The number of nitrogens with one attached hydrogen (secondary N) is 1. The van der Waals surface area contributed by atoms with Crippen molar-refractivity contribution in [3.8, 4) is 17.2 Å². The summed E-state index contributed by atoms with van der Waals surface area (Å²) in [7, 11) is 1.45. The molecule has 0 atom stereocenters. The number of esters is 1. The number of para-hydroxylation sites is 1. The topological polar surface area (TPSA) is 86.2 Å². The van der Waals surface area contributed by atoms with E-state index in [0.717, 1.165) is 5.56 Å². The Morgan fingerprint density at radius 2 is 1.79 bits per heavy atom. The molecule has 174 valence electrons. The molecule has 0 aromatic heterocycles. The number of allylic oxidation sites excluding steroid dienone is 1. The number of amides is 1. The van der Waals surface area contributed by atoms with Gasteiger partial charge in [-0.05, 0) is 53.9 Å². The highest BCUT2D eigenvalue weighted by Crippen LogP contribution is 2.29. The number of ether oxygens (including phenoxy) is 3. The van der Waals surface area contributed by atoms with Crippen molar-refractivity contribution in [2.45, 2.75) is 6.42 Å². The van der Waals surface area contributed by atoms with Crippen LogP contribution in [0.2, 0.25) is 5.02 Å². The van der Waals surface area contributed by atoms with E-state index >= 15 is 0 Å². The van der Waals surface area contributed by atoms with Crippen LogP contribution in [-0.4, -0.2) is 31.8 Å². The van der Waals surface area contributed by atoms with E-state index in [9.17, 15) is 9.59 Å². The van der Waals surface area contributed by atoms with E-state index in [1.54, 1.807) is 54.6 Å². The molecule has 8 heteroatoms. The molecule has 3 rings (SSSR count). The first-order chi connectivity index (χ1) is 16.5. The first kappa shape index (κ1) is 24.5. The Morgan fingerprint density at radius 3 is 2.56 bits per heavy atom. The first-order valence-corrected chi connectivity index (χ1v) is 10.7. The van der Waals surface area contributed by atoms with Crippen LogP contribution in [0.3, 0.4) is 0 Å². The summed E-state index contributed by atoms with van der Waals surface area (Å²) >= 11 is 6.05. The highest BCUT2D eigenvalue weighted by Gasteiger charge is 2.15. The van der Waals surface area contributed by atoms with Crippen molar-refractivity contribution in [1.82, 2.24) is 5.43 Å². The molecule has 0 fully saturated rings. The molecule has 0 heterocycles. The molecule has 0 saturated heterocycles. The number of hydrogen-bond donors (Lipinski definition) is 1. The van der Waals surface area contributed by atoms with Gasteiger partial charge < -0.3 is 14.2 Å². The summed E-state index contributed by atoms with van der Waals surface area (Å²) in [5.41, 5.74) is 4.21. The summed E-state index contributed by atoms with van der Waals surface area (Å²) in [6, 6.07) is 18.9. The molecule has 0 aliphatic heterocycles. The Balaban J connectivity index is 1.58. The molecule has 0 spiro atoms. The summed E-state index contributed by atoms with van der Waals surface area (Å²) in [4.78, 5) is 24.5. The maximum Gasteiger partial charge on any atom is 0.345 e. The Bertz CT molecular complexity index is 1210. The molecule has 0 unspecified atom stereocenters. The number of carbonyl (C=O) groups is 2. The van der Waals surface area contributed by atoms with E-state index in [1.165, 1.54) is 13.3 Å². The third-order valence-corrected chi connectivity index (χ3v) is 4.91. The van der Waals surface area contributed by atoms with Gasteiger partial charge in [0.1, 0.15) is 5.75 Å². The summed E-state index contributed by atoms with van der Waals surface area (Å²) in [6.07, 6.45) is 3.84. The molecule has 34 heavy (non-hydrogen) atoms. The zero-order valence-corrected chi connectivity index (χ0v) is 19.2. The lowest BCUT2D eigenvalue weighted by Gasteiger charge is -2.10. The number of methoxy groups -OCH3 is 1. The Hall–Kier alpha value is -4.10. The summed E-state index contributed by atoms with van der Waals surface area (Å²) < 4.78 is 16.3. The largest absolute Gasteiger partial charge is 0.493 e. The Kier molecular flexibility index (Phi) is 8.82. The number of nitrogens with zero attached hydrogens (tertiary/aromatic N) is 1. The average molecular weight is 479 g/mol. The van der Waals surface area contributed by atoms with Gasteiger partial charge in [-0.1, -0.05) is 48.0 Å². The lowest BCUT2D eigenvalue weighted by Crippen LogP contribution is -2.24. The van der Waals surface area contributed by atoms with Crippen molar-refractivity contribution in [3.63, 3.8) is 0 Å². The van der Waals surface area contributed by atoms with Gasteiger partial charge in [0.15, 0.2) is 18.1 Å². The molecular formula is C26H23ClN2O5. The van der Waals surface area contributed by atoms with Crippen molar-refractivity contribution < 1.29 is 23.8 Å². The first-order valence-electron chi connectivity index (χ1n) is 10.3. The third kappa shape index (κ3) is 6.70. The van der Waals surface area contributed by atoms with Crippen LogP contribution in [0.5, 0.6) is 17.2 Å². The van der Waals surface area contributed by atoms with Crippen LogP contribution in [0.25, 0.3) is 0 Å². The van der Waals surface area contributed by atoms with Crippen molar-refractivity contribution >= 4 is 29.7 Å². The predicted octanol–water partition coefficient (Wildman–Crippen LogP) is 4.83. The Morgan fingerprint density at radius 1 is 1.03 bits per heavy atom. The van der Waals surface area contributed by atoms with Gasteiger partial charge in [-0.25, -0.2) is 10.2 Å². The fourth-order valence-electron chi connectivity index (χ4n) is 2.95. The second-order valence-corrected chi connectivity index (χ2v) is 7.37. The number of rotatable bonds is 10. The Labute approximate surface area is 202 Å². The standard InChI is InChI=1S/C26H23ClN2O5/c1-3-8-19-9-4-7-12-22(19)33-17-25(30)29-28-16-18-13-14-23(24(15-18)32-2)34-26(31)20-10-5-6-11-21(20)27/h3-7,9-16H,1,8,17H2,2H3,(H,29,30)/b28-16-. The van der Waals surface area contributed by atoms with E-state index in [4.69, 9.17) is 25.8 Å². The summed E-state index contributed by atoms with van der Waals surface area (Å²) in [6.45, 7) is 3.53. The fraction of sp³-hybridized carbons (Fsp3) is 0.115. The van der Waals surface area contributed by atoms with Gasteiger partial charge in [-0.2, -0.15) is 5.10 Å². The number of hydrogen-bond acceptors (Lipinski definition) is 6. The SMILES string of the molecule is C=CCc1ccccc1OCC(=O)N/N=C\c1ccc(OC(=O)c2ccccc2Cl)c(OC)c1. The molecule has 0 aliphatic rings. The summed E-state index contributed by atoms with van der Waals surface area (Å²) in [5.74, 6) is 0.139. The number of hydrazone groups is 1. The van der Waals surface area contributed by atoms with E-state index in [0.29, 0.717) is 28.5 Å². The smallest absolute Gasteiger partial charge is 0.345 e. The van der Waals surface area contributed by atoms with Crippen LogP contribution in [-0.2, 0) is 11.2 Å². The zero-order valence-electron chi connectivity index (χ0n) is 18.5. The molecule has 7 nitrogen and oxygen atoms in total. The van der Waals surface area contributed by atoms with E-state index in [-0.39, 0.29) is 17.9 Å². The van der Waals surface area contributed by atoms with E-state index < -0.39 is 11.9 Å². The van der Waals surface area contributed by atoms with Crippen LogP contribution in [0.15, 0.2) is 84.5 Å². The normalized spacial score (nSPS) is 10.5. The molecule has 3 aromatic carbocycles. The molecule has 0 radical (unpaired) electrons. The fourth-order valence-corrected chi connectivity index (χ4v) is 3.17. The van der Waals surface area contributed by atoms with Crippen LogP contribution in [0.4, 0.5) is 0 Å². The average Bonchev–Trinajstić information content (AvgIpc) is 2.84. The van der Waals surface area contributed by atoms with Crippen molar-refractivity contribution in [2.24, 2.45) is 5.10 Å². The van der Waals surface area contributed by atoms with Crippen molar-refractivity contribution in [3.05, 3.63) is 101 Å². The molecule has 0 saturated carbocycles. The van der Waals surface area contributed by atoms with Gasteiger partial charge in [-0.3, -0.25) is 4.79 Å². The van der Waals surface area contributed by atoms with Gasteiger partial charge in [0.05, 0.1) is 23.9 Å². The quantitative estimate of drug-likeness (QED) is 0.148. The molecule has 1 N–H and O–H groups in total. The lowest BCUT2D eigenvalue weighted by molar-refractivity contribution is -0.123. The van der Waals surface area contributed by atoms with Gasteiger partial charge >= 0.3 is 5.97 Å². The molecular weight excluding hydrogens is 456 g/mol. The molecule has 1 amide bonds. The molecule has 0 bridgehead atoms. The second kappa shape index (κ2) is 12.2. The van der Waals surface area contributed by atoms with Crippen LogP contribution in [0, 0.1) is 0 Å². The number of halogens is 1. The lowest BCUT2D eigenvalue weighted by atomic mass is 10.1. The van der Waals surface area contributed by atoms with E-state index in [2.05, 4.69) is 17.1 Å². The third-order valence-electron chi connectivity index (χ3n) is 4.58. The highest BCUT2D eigenvalue weighted by atomic mass is 35.5. The van der Waals surface area contributed by atoms with Crippen LogP contribution >= 0.6 is 11.6 Å². The minimum Gasteiger partial charge on any atom is -0.493 e. The van der Waals surface area contributed by atoms with Gasteiger partial charge in [0.25, 0.3) is 5.91 Å². The molecule has 0 aliphatic carbocycles. The monoisotopic (exact) mass is 478 g/mol. The summed E-state index contributed by atoms with van der Waals surface area (Å²) in [5, 5.41) is 4.23. The van der Waals surface area contributed by atoms with Crippen molar-refractivity contribution in [2.75, 3.05) is 13.7 Å². The zero-order chi connectivity index (χ0) is 24.3. The number of carbonyl (C=O) groups excluding carboxylic acids is 2. The minimum absolute atomic E-state index is 0.189.